The number of hydrogen-bond acceptors (Lipinski definition) is 3. The third kappa shape index (κ3) is 3.70. The summed E-state index contributed by atoms with van der Waals surface area (Å²) < 4.78 is 0. The first-order chi connectivity index (χ1) is 7.84. The average Bonchev–Trinajstić information content (AvgIpc) is 2.24. The molecule has 1 saturated carbocycles. The minimum Gasteiger partial charge on any atom is -0.347 e. The normalized spacial score (nSPS) is 28.6. The van der Waals surface area contributed by atoms with Crippen LogP contribution in [0.2, 0.25) is 0 Å². The Morgan fingerprint density at radius 2 is 2.06 bits per heavy atom. The minimum absolute atomic E-state index is 0.0540. The molecule has 2 unspecified atom stereocenters. The summed E-state index contributed by atoms with van der Waals surface area (Å²) >= 11 is 0. The van der Waals surface area contributed by atoms with Gasteiger partial charge in [-0.2, -0.15) is 0 Å². The van der Waals surface area contributed by atoms with Gasteiger partial charge in [-0.25, -0.2) is 0 Å². The molecule has 2 atom stereocenters. The average molecular weight is 241 g/mol. The quantitative estimate of drug-likeness (QED) is 0.735. The molecule has 0 saturated heterocycles. The van der Waals surface area contributed by atoms with Crippen molar-refractivity contribution >= 4 is 11.8 Å². The van der Waals surface area contributed by atoms with Gasteiger partial charge >= 0.3 is 0 Å². The third-order valence-electron chi connectivity index (χ3n) is 3.48. The van der Waals surface area contributed by atoms with E-state index in [1.54, 1.807) is 14.1 Å². The summed E-state index contributed by atoms with van der Waals surface area (Å²) in [5.74, 6) is -0.371. The summed E-state index contributed by atoms with van der Waals surface area (Å²) in [4.78, 5) is 24.8. The van der Waals surface area contributed by atoms with E-state index >= 15 is 0 Å². The molecule has 0 heterocycles. The Hall–Kier alpha value is -1.10. The molecule has 0 bridgehead atoms. The molecular weight excluding hydrogens is 218 g/mol. The third-order valence-corrected chi connectivity index (χ3v) is 3.48. The number of rotatable bonds is 3. The molecule has 0 radical (unpaired) electrons. The predicted octanol–water partition coefficient (Wildman–Crippen LogP) is 0.0984. The van der Waals surface area contributed by atoms with E-state index in [2.05, 4.69) is 5.32 Å². The van der Waals surface area contributed by atoms with Gasteiger partial charge in [0.15, 0.2) is 0 Å². The highest BCUT2D eigenvalue weighted by Gasteiger charge is 2.37. The Bertz CT molecular complexity index is 300. The highest BCUT2D eigenvalue weighted by molar-refractivity contribution is 5.86. The SMILES string of the molecule is CN(C)C(=O)CNC(=O)C1CCCCC1(C)N. The summed E-state index contributed by atoms with van der Waals surface area (Å²) in [6.07, 6.45) is 3.79. The van der Waals surface area contributed by atoms with Gasteiger partial charge in [0.2, 0.25) is 11.8 Å². The van der Waals surface area contributed by atoms with Gasteiger partial charge in [0, 0.05) is 19.6 Å². The molecule has 0 aliphatic heterocycles. The van der Waals surface area contributed by atoms with E-state index in [0.717, 1.165) is 25.7 Å². The van der Waals surface area contributed by atoms with Crippen LogP contribution >= 0.6 is 0 Å². The lowest BCUT2D eigenvalue weighted by Crippen LogP contribution is -2.53. The van der Waals surface area contributed by atoms with E-state index in [1.165, 1.54) is 4.90 Å². The van der Waals surface area contributed by atoms with E-state index in [9.17, 15) is 9.59 Å². The molecule has 1 aliphatic carbocycles. The molecule has 5 heteroatoms. The van der Waals surface area contributed by atoms with Crippen molar-refractivity contribution in [3.63, 3.8) is 0 Å². The zero-order valence-electron chi connectivity index (χ0n) is 11.0. The number of amides is 2. The zero-order chi connectivity index (χ0) is 13.1. The summed E-state index contributed by atoms with van der Waals surface area (Å²) in [6, 6.07) is 0. The standard InChI is InChI=1S/C12H23N3O2/c1-12(13)7-5-4-6-9(12)11(17)14-8-10(16)15(2)3/h9H,4-8,13H2,1-3H3,(H,14,17). The minimum atomic E-state index is -0.441. The molecule has 0 aromatic rings. The fraction of sp³-hybridized carbons (Fsp3) is 0.833. The summed E-state index contributed by atoms with van der Waals surface area (Å²) in [5.41, 5.74) is 5.69. The van der Waals surface area contributed by atoms with Gasteiger partial charge in [0.05, 0.1) is 12.5 Å². The number of nitrogens with two attached hydrogens (primary N) is 1. The van der Waals surface area contributed by atoms with Crippen molar-refractivity contribution in [2.45, 2.75) is 38.1 Å². The Morgan fingerprint density at radius 1 is 1.41 bits per heavy atom. The molecule has 0 aromatic carbocycles. The van der Waals surface area contributed by atoms with Crippen molar-refractivity contribution in [3.8, 4) is 0 Å². The molecule has 5 nitrogen and oxygen atoms in total. The van der Waals surface area contributed by atoms with Crippen molar-refractivity contribution in [3.05, 3.63) is 0 Å². The molecule has 3 N–H and O–H groups in total. The number of nitrogens with zero attached hydrogens (tertiary/aromatic N) is 1. The Morgan fingerprint density at radius 3 is 2.59 bits per heavy atom. The summed E-state index contributed by atoms with van der Waals surface area (Å²) in [5, 5.41) is 2.68. The van der Waals surface area contributed by atoms with Crippen LogP contribution < -0.4 is 11.1 Å². The van der Waals surface area contributed by atoms with Crippen LogP contribution in [-0.4, -0.2) is 42.9 Å². The van der Waals surface area contributed by atoms with Crippen LogP contribution in [-0.2, 0) is 9.59 Å². The van der Waals surface area contributed by atoms with Gasteiger partial charge in [0.1, 0.15) is 0 Å². The second kappa shape index (κ2) is 5.49. The predicted molar refractivity (Wildman–Crippen MR) is 66.3 cm³/mol. The smallest absolute Gasteiger partial charge is 0.241 e. The van der Waals surface area contributed by atoms with E-state index in [1.807, 2.05) is 6.92 Å². The first-order valence-electron chi connectivity index (χ1n) is 6.11. The molecule has 0 spiro atoms. The number of carbonyl (C=O) groups excluding carboxylic acids is 2. The van der Waals surface area contributed by atoms with Crippen molar-refractivity contribution in [1.82, 2.24) is 10.2 Å². The molecule has 1 fully saturated rings. The molecule has 2 amide bonds. The number of likely N-dealkylation sites (N-methyl/N-ethyl adjacent to an activating group) is 1. The highest BCUT2D eigenvalue weighted by atomic mass is 16.2. The van der Waals surface area contributed by atoms with Gasteiger partial charge in [-0.3, -0.25) is 9.59 Å². The lowest BCUT2D eigenvalue weighted by Gasteiger charge is -2.37. The maximum atomic E-state index is 12.0. The molecule has 0 aromatic heterocycles. The van der Waals surface area contributed by atoms with Crippen LogP contribution in [0, 0.1) is 5.92 Å². The maximum Gasteiger partial charge on any atom is 0.241 e. The number of hydrogen-bond donors (Lipinski definition) is 2. The van der Waals surface area contributed by atoms with E-state index in [-0.39, 0.29) is 24.3 Å². The summed E-state index contributed by atoms with van der Waals surface area (Å²) in [6.45, 7) is 1.97. The van der Waals surface area contributed by atoms with Crippen LogP contribution in [0.1, 0.15) is 32.6 Å². The van der Waals surface area contributed by atoms with Crippen LogP contribution in [0.5, 0.6) is 0 Å². The van der Waals surface area contributed by atoms with Crippen LogP contribution in [0.4, 0.5) is 0 Å². The van der Waals surface area contributed by atoms with E-state index in [4.69, 9.17) is 5.73 Å². The second-order valence-corrected chi connectivity index (χ2v) is 5.31. The first-order valence-corrected chi connectivity index (χ1v) is 6.11. The lowest BCUT2D eigenvalue weighted by molar-refractivity contribution is -0.133. The maximum absolute atomic E-state index is 12.0. The number of carbonyl (C=O) groups is 2. The lowest BCUT2D eigenvalue weighted by atomic mass is 9.74. The summed E-state index contributed by atoms with van der Waals surface area (Å²) in [7, 11) is 3.34. The number of nitrogens with one attached hydrogen (secondary N) is 1. The molecule has 98 valence electrons. The monoisotopic (exact) mass is 241 g/mol. The van der Waals surface area contributed by atoms with Crippen LogP contribution in [0.3, 0.4) is 0 Å². The zero-order valence-corrected chi connectivity index (χ0v) is 11.0. The molecule has 1 rings (SSSR count). The van der Waals surface area contributed by atoms with Gasteiger partial charge in [-0.1, -0.05) is 12.8 Å². The van der Waals surface area contributed by atoms with Gasteiger partial charge in [-0.15, -0.1) is 0 Å². The molecule has 1 aliphatic rings. The second-order valence-electron chi connectivity index (χ2n) is 5.31. The van der Waals surface area contributed by atoms with Crippen LogP contribution in [0.25, 0.3) is 0 Å². The fourth-order valence-corrected chi connectivity index (χ4v) is 2.23. The van der Waals surface area contributed by atoms with Gasteiger partial charge in [-0.05, 0) is 19.8 Å². The highest BCUT2D eigenvalue weighted by Crippen LogP contribution is 2.31. The van der Waals surface area contributed by atoms with Crippen molar-refractivity contribution < 1.29 is 9.59 Å². The van der Waals surface area contributed by atoms with Crippen molar-refractivity contribution in [1.29, 1.82) is 0 Å². The Kier molecular flexibility index (Phi) is 4.51. The van der Waals surface area contributed by atoms with Gasteiger partial charge in [0.25, 0.3) is 0 Å². The first kappa shape index (κ1) is 14.0. The van der Waals surface area contributed by atoms with Crippen molar-refractivity contribution in [2.75, 3.05) is 20.6 Å². The van der Waals surface area contributed by atoms with Gasteiger partial charge < -0.3 is 16.0 Å². The largest absolute Gasteiger partial charge is 0.347 e. The fourth-order valence-electron chi connectivity index (χ4n) is 2.23. The molecule has 17 heavy (non-hydrogen) atoms. The van der Waals surface area contributed by atoms with Crippen molar-refractivity contribution in [2.24, 2.45) is 11.7 Å². The van der Waals surface area contributed by atoms with E-state index < -0.39 is 5.54 Å². The van der Waals surface area contributed by atoms with E-state index in [0.29, 0.717) is 0 Å². The topological polar surface area (TPSA) is 75.4 Å². The van der Waals surface area contributed by atoms with Crippen LogP contribution in [0.15, 0.2) is 0 Å². The Balaban J connectivity index is 2.49. The Labute approximate surface area is 103 Å². The molecular formula is C12H23N3O2.